The van der Waals surface area contributed by atoms with Crippen LogP contribution in [0.5, 0.6) is 0 Å². The fraction of sp³-hybridized carbons (Fsp3) is 0.182. The molecule has 0 fully saturated rings. The summed E-state index contributed by atoms with van der Waals surface area (Å²) in [5.74, 6) is 0.188. The summed E-state index contributed by atoms with van der Waals surface area (Å²) < 4.78 is 0. The molecule has 7 nitrogen and oxygen atoms in total. The predicted molar refractivity (Wildman–Crippen MR) is 114 cm³/mol. The molecule has 0 aliphatic heterocycles. The van der Waals surface area contributed by atoms with E-state index in [9.17, 15) is 4.79 Å². The topological polar surface area (TPSA) is 93.9 Å². The van der Waals surface area contributed by atoms with E-state index in [1.165, 1.54) is 0 Å². The predicted octanol–water partition coefficient (Wildman–Crippen LogP) is 4.19. The van der Waals surface area contributed by atoms with Gasteiger partial charge in [0, 0.05) is 30.2 Å². The van der Waals surface area contributed by atoms with Crippen LogP contribution in [-0.2, 0) is 0 Å². The molecule has 2 N–H and O–H groups in total. The van der Waals surface area contributed by atoms with Gasteiger partial charge in [-0.2, -0.15) is 5.26 Å². The number of nitriles is 1. The Bertz CT molecular complexity index is 987. The lowest BCUT2D eigenvalue weighted by molar-refractivity contribution is 0.102. The van der Waals surface area contributed by atoms with Crippen LogP contribution in [0.15, 0.2) is 60.7 Å². The second-order valence-corrected chi connectivity index (χ2v) is 6.29. The van der Waals surface area contributed by atoms with Gasteiger partial charge >= 0.3 is 0 Å². The van der Waals surface area contributed by atoms with Crippen LogP contribution in [0.3, 0.4) is 0 Å². The van der Waals surface area contributed by atoms with Gasteiger partial charge in [-0.05, 0) is 74.5 Å². The van der Waals surface area contributed by atoms with Gasteiger partial charge in [0.25, 0.3) is 5.91 Å². The molecule has 1 aromatic heterocycles. The van der Waals surface area contributed by atoms with Gasteiger partial charge in [0.1, 0.15) is 0 Å². The molecule has 2 aromatic carbocycles. The first kappa shape index (κ1) is 19.8. The molecule has 0 atom stereocenters. The van der Waals surface area contributed by atoms with Gasteiger partial charge in [-0.3, -0.25) is 4.79 Å². The molecule has 0 aliphatic carbocycles. The molecule has 0 bridgehead atoms. The van der Waals surface area contributed by atoms with Crippen molar-refractivity contribution < 1.29 is 4.79 Å². The molecular weight excluding hydrogens is 364 g/mol. The summed E-state index contributed by atoms with van der Waals surface area (Å²) in [4.78, 5) is 14.6. The third kappa shape index (κ3) is 5.08. The number of carbonyl (C=O) groups is 1. The van der Waals surface area contributed by atoms with E-state index in [1.54, 1.807) is 36.4 Å². The maximum Gasteiger partial charge on any atom is 0.276 e. The van der Waals surface area contributed by atoms with Crippen LogP contribution >= 0.6 is 0 Å². The number of hydrogen-bond donors (Lipinski definition) is 2. The lowest BCUT2D eigenvalue weighted by Gasteiger charge is -2.21. The number of carbonyl (C=O) groups excluding carboxylic acids is 1. The smallest absolute Gasteiger partial charge is 0.276 e. The molecule has 0 unspecified atom stereocenters. The zero-order chi connectivity index (χ0) is 20.6. The first-order valence-corrected chi connectivity index (χ1v) is 9.40. The molecule has 146 valence electrons. The van der Waals surface area contributed by atoms with E-state index in [2.05, 4.69) is 45.6 Å². The summed E-state index contributed by atoms with van der Waals surface area (Å²) in [6.45, 7) is 6.08. The highest BCUT2D eigenvalue weighted by molar-refractivity contribution is 6.02. The highest BCUT2D eigenvalue weighted by Gasteiger charge is 2.10. The average molecular weight is 386 g/mol. The fourth-order valence-electron chi connectivity index (χ4n) is 2.84. The van der Waals surface area contributed by atoms with Crippen LogP contribution in [0.25, 0.3) is 0 Å². The number of anilines is 4. The number of benzene rings is 2. The van der Waals surface area contributed by atoms with E-state index in [0.717, 1.165) is 24.5 Å². The van der Waals surface area contributed by atoms with Crippen molar-refractivity contribution >= 4 is 28.8 Å². The van der Waals surface area contributed by atoms with Crippen LogP contribution in [0.2, 0.25) is 0 Å². The Morgan fingerprint density at radius 3 is 2.14 bits per heavy atom. The van der Waals surface area contributed by atoms with E-state index in [1.807, 2.05) is 24.3 Å². The van der Waals surface area contributed by atoms with Crippen LogP contribution in [-0.4, -0.2) is 29.2 Å². The Morgan fingerprint density at radius 1 is 0.931 bits per heavy atom. The molecule has 1 amide bonds. The van der Waals surface area contributed by atoms with Crippen LogP contribution in [0.1, 0.15) is 29.9 Å². The maximum atomic E-state index is 12.4. The van der Waals surface area contributed by atoms with Crippen molar-refractivity contribution in [2.75, 3.05) is 28.6 Å². The highest BCUT2D eigenvalue weighted by Crippen LogP contribution is 2.19. The monoisotopic (exact) mass is 386 g/mol. The molecular formula is C22H22N6O. The van der Waals surface area contributed by atoms with Crippen molar-refractivity contribution in [3.8, 4) is 6.07 Å². The van der Waals surface area contributed by atoms with Gasteiger partial charge < -0.3 is 15.5 Å². The molecule has 0 spiro atoms. The van der Waals surface area contributed by atoms with Crippen LogP contribution < -0.4 is 15.5 Å². The van der Waals surface area contributed by atoms with Gasteiger partial charge in [-0.25, -0.2) is 0 Å². The highest BCUT2D eigenvalue weighted by atomic mass is 16.1. The number of nitrogens with zero attached hydrogens (tertiary/aromatic N) is 4. The molecule has 0 aliphatic rings. The summed E-state index contributed by atoms with van der Waals surface area (Å²) in [7, 11) is 0. The van der Waals surface area contributed by atoms with E-state index in [4.69, 9.17) is 5.26 Å². The summed E-state index contributed by atoms with van der Waals surface area (Å²) in [6, 6.07) is 20.1. The Hall–Kier alpha value is -3.92. The Labute approximate surface area is 170 Å². The first-order chi connectivity index (χ1) is 14.1. The molecule has 1 heterocycles. The van der Waals surface area contributed by atoms with Crippen molar-refractivity contribution in [3.63, 3.8) is 0 Å². The maximum absolute atomic E-state index is 12.4. The number of nitrogens with one attached hydrogen (secondary N) is 2. The fourth-order valence-corrected chi connectivity index (χ4v) is 2.84. The van der Waals surface area contributed by atoms with Gasteiger partial charge in [-0.15, -0.1) is 10.2 Å². The zero-order valence-electron chi connectivity index (χ0n) is 16.4. The first-order valence-electron chi connectivity index (χ1n) is 9.40. The third-order valence-corrected chi connectivity index (χ3v) is 4.44. The second-order valence-electron chi connectivity index (χ2n) is 6.29. The number of rotatable bonds is 7. The third-order valence-electron chi connectivity index (χ3n) is 4.44. The standard InChI is InChI=1S/C22H22N6O/c1-3-28(4-2)19-11-9-18(10-12-19)25-22(29)20-13-14-21(27-26-20)24-17-7-5-16(15-23)6-8-17/h5-14H,3-4H2,1-2H3,(H,24,27)(H,25,29). The number of hydrogen-bond acceptors (Lipinski definition) is 6. The summed E-state index contributed by atoms with van der Waals surface area (Å²) >= 11 is 0. The minimum absolute atomic E-state index is 0.225. The molecule has 29 heavy (non-hydrogen) atoms. The molecule has 3 rings (SSSR count). The van der Waals surface area contributed by atoms with Crippen molar-refractivity contribution in [2.24, 2.45) is 0 Å². The zero-order valence-corrected chi connectivity index (χ0v) is 16.4. The SMILES string of the molecule is CCN(CC)c1ccc(NC(=O)c2ccc(Nc3ccc(C#N)cc3)nn2)cc1. The van der Waals surface area contributed by atoms with E-state index >= 15 is 0 Å². The molecule has 0 saturated heterocycles. The van der Waals surface area contributed by atoms with Crippen LogP contribution in [0.4, 0.5) is 22.9 Å². The Kier molecular flexibility index (Phi) is 6.38. The number of amides is 1. The van der Waals surface area contributed by atoms with E-state index < -0.39 is 0 Å². The Balaban J connectivity index is 1.62. The van der Waals surface area contributed by atoms with Gasteiger partial charge in [-0.1, -0.05) is 0 Å². The van der Waals surface area contributed by atoms with Crippen molar-refractivity contribution in [1.82, 2.24) is 10.2 Å². The quantitative estimate of drug-likeness (QED) is 0.632. The average Bonchev–Trinajstić information content (AvgIpc) is 2.77. The number of aromatic nitrogens is 2. The summed E-state index contributed by atoms with van der Waals surface area (Å²) in [5, 5.41) is 22.8. The lowest BCUT2D eigenvalue weighted by atomic mass is 10.2. The molecule has 3 aromatic rings. The normalized spacial score (nSPS) is 10.1. The van der Waals surface area contributed by atoms with Gasteiger partial charge in [0.05, 0.1) is 11.6 Å². The van der Waals surface area contributed by atoms with Crippen molar-refractivity contribution in [3.05, 3.63) is 71.9 Å². The summed E-state index contributed by atoms with van der Waals surface area (Å²) in [5.41, 5.74) is 3.41. The van der Waals surface area contributed by atoms with Crippen molar-refractivity contribution in [2.45, 2.75) is 13.8 Å². The minimum Gasteiger partial charge on any atom is -0.372 e. The Morgan fingerprint density at radius 2 is 1.59 bits per heavy atom. The van der Waals surface area contributed by atoms with Crippen LogP contribution in [0, 0.1) is 11.3 Å². The molecule has 7 heteroatoms. The minimum atomic E-state index is -0.321. The molecule has 0 radical (unpaired) electrons. The summed E-state index contributed by atoms with van der Waals surface area (Å²) in [6.07, 6.45) is 0. The molecule has 0 saturated carbocycles. The van der Waals surface area contributed by atoms with Crippen molar-refractivity contribution in [1.29, 1.82) is 5.26 Å². The largest absolute Gasteiger partial charge is 0.372 e. The second kappa shape index (κ2) is 9.33. The van der Waals surface area contributed by atoms with E-state index in [0.29, 0.717) is 17.1 Å². The van der Waals surface area contributed by atoms with Gasteiger partial charge in [0.15, 0.2) is 11.5 Å². The van der Waals surface area contributed by atoms with Gasteiger partial charge in [0.2, 0.25) is 0 Å². The van der Waals surface area contributed by atoms with E-state index in [-0.39, 0.29) is 11.6 Å². The lowest BCUT2D eigenvalue weighted by Crippen LogP contribution is -2.21.